The topological polar surface area (TPSA) is 3.24 Å². The number of allylic oxidation sites excluding steroid dienone is 4. The molecular weight excluding hydrogens is 146 g/mol. The van der Waals surface area contributed by atoms with E-state index in [0.29, 0.717) is 0 Å². The average molecular weight is 163 g/mol. The molecule has 0 rings (SSSR count). The van der Waals surface area contributed by atoms with Gasteiger partial charge in [-0.1, -0.05) is 37.5 Å². The first-order valence-electron chi connectivity index (χ1n) is 3.95. The second-order valence-corrected chi connectivity index (χ2v) is 2.70. The lowest BCUT2D eigenvalue weighted by molar-refractivity contribution is 0.527. The molecule has 0 aromatic rings. The summed E-state index contributed by atoms with van der Waals surface area (Å²) >= 11 is 0. The molecule has 0 fully saturated rings. The van der Waals surface area contributed by atoms with Crippen molar-refractivity contribution in [3.63, 3.8) is 0 Å². The fourth-order valence-electron chi connectivity index (χ4n) is 0.813. The van der Waals surface area contributed by atoms with Gasteiger partial charge in [-0.15, -0.1) is 0 Å². The van der Waals surface area contributed by atoms with Crippen molar-refractivity contribution in [3.05, 3.63) is 48.7 Å². The molecule has 0 saturated heterocycles. The molecule has 0 unspecified atom stereocenters. The SMILES string of the molecule is C=C/C=C(\C=C/C)C(=C)N(C)C. The van der Waals surface area contributed by atoms with Crippen LogP contribution in [-0.2, 0) is 0 Å². The molecule has 0 amide bonds. The van der Waals surface area contributed by atoms with Gasteiger partial charge < -0.3 is 4.90 Å². The van der Waals surface area contributed by atoms with Crippen LogP contribution in [-0.4, -0.2) is 19.0 Å². The first-order valence-corrected chi connectivity index (χ1v) is 3.95. The largest absolute Gasteiger partial charge is 0.378 e. The third-order valence-corrected chi connectivity index (χ3v) is 1.52. The van der Waals surface area contributed by atoms with E-state index in [2.05, 4.69) is 13.2 Å². The Balaban J connectivity index is 4.63. The van der Waals surface area contributed by atoms with E-state index >= 15 is 0 Å². The van der Waals surface area contributed by atoms with E-state index in [1.54, 1.807) is 6.08 Å². The van der Waals surface area contributed by atoms with Gasteiger partial charge in [0.2, 0.25) is 0 Å². The molecule has 0 bridgehead atoms. The van der Waals surface area contributed by atoms with Crippen molar-refractivity contribution in [2.75, 3.05) is 14.1 Å². The van der Waals surface area contributed by atoms with Crippen molar-refractivity contribution >= 4 is 0 Å². The molecule has 0 aliphatic rings. The summed E-state index contributed by atoms with van der Waals surface area (Å²) < 4.78 is 0. The van der Waals surface area contributed by atoms with Crippen LogP contribution < -0.4 is 0 Å². The molecule has 0 aromatic carbocycles. The Morgan fingerprint density at radius 3 is 2.25 bits per heavy atom. The van der Waals surface area contributed by atoms with Gasteiger partial charge >= 0.3 is 0 Å². The first-order chi connectivity index (χ1) is 5.63. The minimum atomic E-state index is 0.994. The highest BCUT2D eigenvalue weighted by molar-refractivity contribution is 5.38. The Hall–Kier alpha value is -1.24. The Morgan fingerprint density at radius 2 is 1.92 bits per heavy atom. The van der Waals surface area contributed by atoms with Gasteiger partial charge in [0.15, 0.2) is 0 Å². The Labute approximate surface area is 75.4 Å². The van der Waals surface area contributed by atoms with Gasteiger partial charge in [0.1, 0.15) is 0 Å². The number of likely N-dealkylation sites (N-methyl/N-ethyl adjacent to an activating group) is 1. The highest BCUT2D eigenvalue weighted by Gasteiger charge is 1.98. The second kappa shape index (κ2) is 5.42. The van der Waals surface area contributed by atoms with Gasteiger partial charge in [-0.3, -0.25) is 0 Å². The van der Waals surface area contributed by atoms with E-state index in [1.807, 2.05) is 44.1 Å². The number of nitrogens with zero attached hydrogens (tertiary/aromatic N) is 1. The maximum Gasteiger partial charge on any atom is 0.0361 e. The summed E-state index contributed by atoms with van der Waals surface area (Å²) in [7, 11) is 3.95. The minimum Gasteiger partial charge on any atom is -0.378 e. The highest BCUT2D eigenvalue weighted by Crippen LogP contribution is 2.11. The fraction of sp³-hybridized carbons (Fsp3) is 0.273. The van der Waals surface area contributed by atoms with E-state index in [-0.39, 0.29) is 0 Å². The lowest BCUT2D eigenvalue weighted by Crippen LogP contribution is -2.10. The molecule has 0 saturated carbocycles. The lowest BCUT2D eigenvalue weighted by Gasteiger charge is -2.16. The minimum absolute atomic E-state index is 0.994. The zero-order chi connectivity index (χ0) is 9.56. The van der Waals surface area contributed by atoms with Crippen LogP contribution in [0.25, 0.3) is 0 Å². The molecule has 0 heterocycles. The molecule has 0 aliphatic heterocycles. The van der Waals surface area contributed by atoms with Gasteiger partial charge in [-0.2, -0.15) is 0 Å². The van der Waals surface area contributed by atoms with E-state index in [0.717, 1.165) is 11.3 Å². The van der Waals surface area contributed by atoms with E-state index in [1.165, 1.54) is 0 Å². The van der Waals surface area contributed by atoms with Crippen molar-refractivity contribution in [1.82, 2.24) is 4.90 Å². The van der Waals surface area contributed by atoms with Crippen LogP contribution >= 0.6 is 0 Å². The van der Waals surface area contributed by atoms with E-state index in [9.17, 15) is 0 Å². The summed E-state index contributed by atoms with van der Waals surface area (Å²) in [6, 6.07) is 0. The van der Waals surface area contributed by atoms with Crippen molar-refractivity contribution in [3.8, 4) is 0 Å². The van der Waals surface area contributed by atoms with Crippen molar-refractivity contribution in [2.24, 2.45) is 0 Å². The molecule has 0 spiro atoms. The summed E-state index contributed by atoms with van der Waals surface area (Å²) in [5.74, 6) is 0. The zero-order valence-electron chi connectivity index (χ0n) is 8.17. The van der Waals surface area contributed by atoms with Gasteiger partial charge in [0.25, 0.3) is 0 Å². The van der Waals surface area contributed by atoms with Gasteiger partial charge in [-0.05, 0) is 12.5 Å². The molecular formula is C11H17N. The predicted molar refractivity (Wildman–Crippen MR) is 55.9 cm³/mol. The lowest BCUT2D eigenvalue weighted by atomic mass is 10.1. The Morgan fingerprint density at radius 1 is 1.33 bits per heavy atom. The highest BCUT2D eigenvalue weighted by atomic mass is 15.1. The number of hydrogen-bond donors (Lipinski definition) is 0. The Kier molecular flexibility index (Phi) is 4.86. The molecule has 1 nitrogen and oxygen atoms in total. The molecule has 0 aliphatic carbocycles. The van der Waals surface area contributed by atoms with E-state index < -0.39 is 0 Å². The maximum absolute atomic E-state index is 3.95. The molecule has 0 N–H and O–H groups in total. The second-order valence-electron chi connectivity index (χ2n) is 2.70. The van der Waals surface area contributed by atoms with Crippen molar-refractivity contribution in [1.29, 1.82) is 0 Å². The smallest absolute Gasteiger partial charge is 0.0361 e. The van der Waals surface area contributed by atoms with E-state index in [4.69, 9.17) is 0 Å². The average Bonchev–Trinajstić information content (AvgIpc) is 2.03. The number of rotatable bonds is 4. The summed E-state index contributed by atoms with van der Waals surface area (Å²) in [5.41, 5.74) is 2.09. The quantitative estimate of drug-likeness (QED) is 0.576. The zero-order valence-corrected chi connectivity index (χ0v) is 8.17. The van der Waals surface area contributed by atoms with Crippen LogP contribution in [0.15, 0.2) is 48.7 Å². The van der Waals surface area contributed by atoms with Gasteiger partial charge in [0.05, 0.1) is 0 Å². The molecule has 12 heavy (non-hydrogen) atoms. The molecule has 66 valence electrons. The van der Waals surface area contributed by atoms with Crippen LogP contribution in [0.5, 0.6) is 0 Å². The summed E-state index contributed by atoms with van der Waals surface area (Å²) in [5, 5.41) is 0. The maximum atomic E-state index is 3.95. The fourth-order valence-corrected chi connectivity index (χ4v) is 0.813. The van der Waals surface area contributed by atoms with Gasteiger partial charge in [0, 0.05) is 19.8 Å². The molecule has 0 aromatic heterocycles. The number of hydrogen-bond acceptors (Lipinski definition) is 1. The first kappa shape index (κ1) is 10.8. The van der Waals surface area contributed by atoms with Crippen LogP contribution in [0, 0.1) is 0 Å². The van der Waals surface area contributed by atoms with Crippen LogP contribution in [0.1, 0.15) is 6.92 Å². The molecule has 1 heteroatoms. The van der Waals surface area contributed by atoms with Gasteiger partial charge in [-0.25, -0.2) is 0 Å². The molecule has 0 atom stereocenters. The van der Waals surface area contributed by atoms with Crippen LogP contribution in [0.4, 0.5) is 0 Å². The summed E-state index contributed by atoms with van der Waals surface area (Å²) in [6.07, 6.45) is 7.72. The third-order valence-electron chi connectivity index (χ3n) is 1.52. The monoisotopic (exact) mass is 163 g/mol. The predicted octanol–water partition coefficient (Wildman–Crippen LogP) is 2.75. The van der Waals surface area contributed by atoms with Crippen LogP contribution in [0.3, 0.4) is 0 Å². The third kappa shape index (κ3) is 3.24. The summed E-state index contributed by atoms with van der Waals surface area (Å²) in [6.45, 7) is 9.59. The van der Waals surface area contributed by atoms with Crippen LogP contribution in [0.2, 0.25) is 0 Å². The molecule has 0 radical (unpaired) electrons. The van der Waals surface area contributed by atoms with Crippen molar-refractivity contribution < 1.29 is 0 Å². The summed E-state index contributed by atoms with van der Waals surface area (Å²) in [4.78, 5) is 1.98. The standard InChI is InChI=1S/C11H17N/c1-6-8-11(9-7-2)10(3)12(4)5/h6-9H,1,3H2,2,4-5H3/b9-7-,11-8+. The Bertz CT molecular complexity index is 219. The normalized spacial score (nSPS) is 11.8. The van der Waals surface area contributed by atoms with Crippen molar-refractivity contribution in [2.45, 2.75) is 6.92 Å².